The van der Waals surface area contributed by atoms with E-state index in [9.17, 15) is 4.79 Å². The fraction of sp³-hybridized carbons (Fsp3) is 0.688. The standard InChI is InChI=1S/C16H24N2O3/c1-11(15(19)20-16(2,3)4)10-13-17-14(18-21-13)12-8-6-5-7-9-12/h12H,1,5-10H2,2-4H3. The second-order valence-electron chi connectivity index (χ2n) is 6.66. The summed E-state index contributed by atoms with van der Waals surface area (Å²) >= 11 is 0. The van der Waals surface area contributed by atoms with Crippen molar-refractivity contribution >= 4 is 5.97 Å². The van der Waals surface area contributed by atoms with Crippen molar-refractivity contribution in [2.24, 2.45) is 0 Å². The van der Waals surface area contributed by atoms with Crippen molar-refractivity contribution in [1.82, 2.24) is 10.1 Å². The van der Waals surface area contributed by atoms with Crippen LogP contribution in [0.5, 0.6) is 0 Å². The Balaban J connectivity index is 1.92. The highest BCUT2D eigenvalue weighted by Crippen LogP contribution is 2.30. The third kappa shape index (κ3) is 4.69. The summed E-state index contributed by atoms with van der Waals surface area (Å²) in [7, 11) is 0. The van der Waals surface area contributed by atoms with Crippen molar-refractivity contribution in [3.05, 3.63) is 23.9 Å². The highest BCUT2D eigenvalue weighted by Gasteiger charge is 2.23. The van der Waals surface area contributed by atoms with Gasteiger partial charge in [0, 0.05) is 11.5 Å². The SMILES string of the molecule is C=C(Cc1nc(C2CCCCC2)no1)C(=O)OC(C)(C)C. The summed E-state index contributed by atoms with van der Waals surface area (Å²) < 4.78 is 10.5. The van der Waals surface area contributed by atoms with Gasteiger partial charge in [-0.25, -0.2) is 4.79 Å². The smallest absolute Gasteiger partial charge is 0.334 e. The third-order valence-electron chi connectivity index (χ3n) is 3.51. The van der Waals surface area contributed by atoms with Crippen LogP contribution in [0.1, 0.15) is 70.5 Å². The molecule has 0 bridgehead atoms. The molecule has 21 heavy (non-hydrogen) atoms. The maximum absolute atomic E-state index is 11.9. The molecule has 5 nitrogen and oxygen atoms in total. The molecule has 1 aliphatic carbocycles. The fourth-order valence-electron chi connectivity index (χ4n) is 2.47. The molecule has 1 aliphatic rings. The molecule has 0 unspecified atom stereocenters. The molecule has 1 fully saturated rings. The number of ether oxygens (including phenoxy) is 1. The minimum atomic E-state index is -0.526. The number of aromatic nitrogens is 2. The molecule has 0 atom stereocenters. The van der Waals surface area contributed by atoms with E-state index in [1.807, 2.05) is 20.8 Å². The van der Waals surface area contributed by atoms with Gasteiger partial charge in [0.15, 0.2) is 5.82 Å². The molecule has 0 amide bonds. The van der Waals surface area contributed by atoms with Crippen molar-refractivity contribution < 1.29 is 14.1 Å². The van der Waals surface area contributed by atoms with E-state index in [4.69, 9.17) is 9.26 Å². The Hall–Kier alpha value is -1.65. The first-order valence-corrected chi connectivity index (χ1v) is 7.59. The van der Waals surface area contributed by atoms with Crippen molar-refractivity contribution in [1.29, 1.82) is 0 Å². The zero-order valence-corrected chi connectivity index (χ0v) is 13.1. The van der Waals surface area contributed by atoms with Gasteiger partial charge in [-0.15, -0.1) is 0 Å². The molecule has 0 N–H and O–H groups in total. The van der Waals surface area contributed by atoms with Gasteiger partial charge < -0.3 is 9.26 Å². The van der Waals surface area contributed by atoms with E-state index in [0.29, 0.717) is 17.4 Å². The lowest BCUT2D eigenvalue weighted by atomic mass is 9.89. The average molecular weight is 292 g/mol. The minimum absolute atomic E-state index is 0.245. The second kappa shape index (κ2) is 6.41. The molecule has 0 spiro atoms. The van der Waals surface area contributed by atoms with Crippen molar-refractivity contribution in [3.8, 4) is 0 Å². The van der Waals surface area contributed by atoms with Gasteiger partial charge in [0.25, 0.3) is 0 Å². The molecule has 0 saturated heterocycles. The molecule has 0 aliphatic heterocycles. The Morgan fingerprint density at radius 2 is 2.00 bits per heavy atom. The maximum Gasteiger partial charge on any atom is 0.334 e. The summed E-state index contributed by atoms with van der Waals surface area (Å²) in [6, 6.07) is 0. The number of nitrogens with zero attached hydrogens (tertiary/aromatic N) is 2. The van der Waals surface area contributed by atoms with Gasteiger partial charge in [-0.1, -0.05) is 31.0 Å². The van der Waals surface area contributed by atoms with E-state index in [1.54, 1.807) is 0 Å². The summed E-state index contributed by atoms with van der Waals surface area (Å²) in [4.78, 5) is 16.3. The molecule has 0 radical (unpaired) electrons. The van der Waals surface area contributed by atoms with E-state index >= 15 is 0 Å². The lowest BCUT2D eigenvalue weighted by molar-refractivity contribution is -0.150. The fourth-order valence-corrected chi connectivity index (χ4v) is 2.47. The van der Waals surface area contributed by atoms with Crippen LogP contribution in [0.3, 0.4) is 0 Å². The summed E-state index contributed by atoms with van der Waals surface area (Å²) in [5.41, 5.74) is -0.189. The van der Waals surface area contributed by atoms with Crippen molar-refractivity contribution in [2.45, 2.75) is 70.8 Å². The first-order chi connectivity index (χ1) is 9.85. The van der Waals surface area contributed by atoms with Crippen molar-refractivity contribution in [2.75, 3.05) is 0 Å². The number of hydrogen-bond donors (Lipinski definition) is 0. The molecule has 2 rings (SSSR count). The van der Waals surface area contributed by atoms with Crippen LogP contribution in [-0.4, -0.2) is 21.7 Å². The summed E-state index contributed by atoms with van der Waals surface area (Å²) in [6.07, 6.45) is 6.21. The minimum Gasteiger partial charge on any atom is -0.457 e. The monoisotopic (exact) mass is 292 g/mol. The quantitative estimate of drug-likeness (QED) is 0.627. The Kier molecular flexibility index (Phi) is 4.80. The van der Waals surface area contributed by atoms with E-state index in [-0.39, 0.29) is 6.42 Å². The van der Waals surface area contributed by atoms with E-state index in [2.05, 4.69) is 16.7 Å². The number of hydrogen-bond acceptors (Lipinski definition) is 5. The highest BCUT2D eigenvalue weighted by atomic mass is 16.6. The molecule has 1 heterocycles. The lowest BCUT2D eigenvalue weighted by Gasteiger charge is -2.19. The summed E-state index contributed by atoms with van der Waals surface area (Å²) in [6.45, 7) is 9.23. The Bertz CT molecular complexity index is 508. The third-order valence-corrected chi connectivity index (χ3v) is 3.51. The Morgan fingerprint density at radius 3 is 2.62 bits per heavy atom. The van der Waals surface area contributed by atoms with Crippen LogP contribution in [0.15, 0.2) is 16.7 Å². The number of esters is 1. The normalized spacial score (nSPS) is 16.7. The van der Waals surface area contributed by atoms with Crippen LogP contribution in [-0.2, 0) is 16.0 Å². The number of carbonyl (C=O) groups excluding carboxylic acids is 1. The topological polar surface area (TPSA) is 65.2 Å². The number of carbonyl (C=O) groups is 1. The van der Waals surface area contributed by atoms with Gasteiger partial charge in [0.1, 0.15) is 5.60 Å². The Morgan fingerprint density at radius 1 is 1.33 bits per heavy atom. The van der Waals surface area contributed by atoms with Crippen LogP contribution in [0.4, 0.5) is 0 Å². The largest absolute Gasteiger partial charge is 0.457 e. The zero-order chi connectivity index (χ0) is 15.5. The van der Waals surface area contributed by atoms with Gasteiger partial charge in [0.2, 0.25) is 5.89 Å². The predicted octanol–water partition coefficient (Wildman–Crippen LogP) is 3.56. The first kappa shape index (κ1) is 15.7. The van der Waals surface area contributed by atoms with Crippen molar-refractivity contribution in [3.63, 3.8) is 0 Å². The predicted molar refractivity (Wildman–Crippen MR) is 78.8 cm³/mol. The maximum atomic E-state index is 11.9. The zero-order valence-electron chi connectivity index (χ0n) is 13.1. The molecule has 5 heteroatoms. The van der Waals surface area contributed by atoms with E-state index in [0.717, 1.165) is 18.7 Å². The van der Waals surface area contributed by atoms with E-state index < -0.39 is 11.6 Å². The van der Waals surface area contributed by atoms with Crippen LogP contribution in [0, 0.1) is 0 Å². The van der Waals surface area contributed by atoms with Crippen LogP contribution >= 0.6 is 0 Å². The van der Waals surface area contributed by atoms with Gasteiger partial charge in [-0.3, -0.25) is 0 Å². The lowest BCUT2D eigenvalue weighted by Crippen LogP contribution is -2.25. The summed E-state index contributed by atoms with van der Waals surface area (Å²) in [5.74, 6) is 1.18. The van der Waals surface area contributed by atoms with Gasteiger partial charge >= 0.3 is 5.97 Å². The number of rotatable bonds is 4. The van der Waals surface area contributed by atoms with Gasteiger partial charge in [-0.2, -0.15) is 4.98 Å². The van der Waals surface area contributed by atoms with Crippen LogP contribution in [0.2, 0.25) is 0 Å². The van der Waals surface area contributed by atoms with Gasteiger partial charge in [-0.05, 0) is 33.6 Å². The van der Waals surface area contributed by atoms with Crippen LogP contribution < -0.4 is 0 Å². The Labute approximate surface area is 125 Å². The first-order valence-electron chi connectivity index (χ1n) is 7.59. The highest BCUT2D eigenvalue weighted by molar-refractivity contribution is 5.88. The summed E-state index contributed by atoms with van der Waals surface area (Å²) in [5, 5.41) is 4.05. The molecule has 1 aromatic rings. The average Bonchev–Trinajstić information content (AvgIpc) is 2.86. The molecule has 1 saturated carbocycles. The molecular weight excluding hydrogens is 268 g/mol. The molecule has 0 aromatic carbocycles. The molecule has 1 aromatic heterocycles. The van der Waals surface area contributed by atoms with Crippen LogP contribution in [0.25, 0.3) is 0 Å². The molecular formula is C16H24N2O3. The molecule has 116 valence electrons. The second-order valence-corrected chi connectivity index (χ2v) is 6.66. The van der Waals surface area contributed by atoms with Gasteiger partial charge in [0.05, 0.1) is 6.42 Å². The van der Waals surface area contributed by atoms with E-state index in [1.165, 1.54) is 19.3 Å².